The molecule has 1 amide bonds. The van der Waals surface area contributed by atoms with Crippen LogP contribution in [0.15, 0.2) is 29.1 Å². The van der Waals surface area contributed by atoms with Gasteiger partial charge in [-0.05, 0) is 91.2 Å². The van der Waals surface area contributed by atoms with Gasteiger partial charge in [-0.1, -0.05) is 11.6 Å². The summed E-state index contributed by atoms with van der Waals surface area (Å²) in [6, 6.07) is 8.29. The molecule has 0 unspecified atom stereocenters. The molecule has 2 N–H and O–H groups in total. The number of rotatable bonds is 7. The van der Waals surface area contributed by atoms with Crippen molar-refractivity contribution in [2.45, 2.75) is 72.0 Å². The van der Waals surface area contributed by atoms with Crippen LogP contribution in [0.5, 0.6) is 0 Å². The Labute approximate surface area is 218 Å². The molecule has 0 saturated heterocycles. The van der Waals surface area contributed by atoms with Crippen molar-refractivity contribution in [3.05, 3.63) is 67.6 Å². The van der Waals surface area contributed by atoms with Crippen LogP contribution < -0.4 is 15.6 Å². The second-order valence-corrected chi connectivity index (χ2v) is 10.7. The van der Waals surface area contributed by atoms with Gasteiger partial charge in [0.25, 0.3) is 5.91 Å². The number of carbonyl (C=O) groups excluding carboxylic acids is 1. The van der Waals surface area contributed by atoms with Crippen LogP contribution in [0.4, 0.5) is 5.69 Å². The van der Waals surface area contributed by atoms with Gasteiger partial charge in [0, 0.05) is 64.5 Å². The van der Waals surface area contributed by atoms with Crippen molar-refractivity contribution in [2.75, 3.05) is 25.5 Å². The molecule has 0 radical (unpaired) electrons. The molecule has 0 aliphatic heterocycles. The molecule has 0 bridgehead atoms. The van der Waals surface area contributed by atoms with Crippen LogP contribution in [0.3, 0.4) is 0 Å². The van der Waals surface area contributed by atoms with Crippen LogP contribution in [0.1, 0.15) is 65.5 Å². The van der Waals surface area contributed by atoms with Crippen molar-refractivity contribution < 1.29 is 4.79 Å². The average Bonchev–Trinajstić information content (AvgIpc) is 3.21. The molecule has 1 aromatic carbocycles. The summed E-state index contributed by atoms with van der Waals surface area (Å²) in [5.41, 5.74) is 5.54. The minimum atomic E-state index is -0.227. The molecule has 1 saturated carbocycles. The van der Waals surface area contributed by atoms with Gasteiger partial charge in [-0.2, -0.15) is 0 Å². The van der Waals surface area contributed by atoms with Crippen molar-refractivity contribution in [1.82, 2.24) is 19.8 Å². The lowest BCUT2D eigenvalue weighted by atomic mass is 9.89. The van der Waals surface area contributed by atoms with Gasteiger partial charge in [0.1, 0.15) is 0 Å². The molecule has 0 atom stereocenters. The fourth-order valence-corrected chi connectivity index (χ4v) is 5.88. The lowest BCUT2D eigenvalue weighted by Crippen LogP contribution is -2.42. The summed E-state index contributed by atoms with van der Waals surface area (Å²) < 4.78 is 1.88. The fraction of sp³-hybridized carbons (Fsp3) is 0.500. The van der Waals surface area contributed by atoms with Crippen LogP contribution in [-0.2, 0) is 6.54 Å². The molecule has 8 heteroatoms. The summed E-state index contributed by atoms with van der Waals surface area (Å²) >= 11 is 6.54. The maximum Gasteiger partial charge on any atom is 0.251 e. The number of aromatic nitrogens is 2. The number of amides is 1. The van der Waals surface area contributed by atoms with Crippen LogP contribution in [-0.4, -0.2) is 53.1 Å². The normalized spacial score (nSPS) is 18.1. The van der Waals surface area contributed by atoms with Crippen molar-refractivity contribution in [1.29, 1.82) is 0 Å². The molecule has 1 aliphatic carbocycles. The summed E-state index contributed by atoms with van der Waals surface area (Å²) in [6.07, 6.45) is 4.57. The minimum absolute atomic E-state index is 0.0826. The molecule has 7 nitrogen and oxygen atoms in total. The first-order valence-electron chi connectivity index (χ1n) is 12.8. The molecular weight excluding hydrogens is 474 g/mol. The molecule has 36 heavy (non-hydrogen) atoms. The van der Waals surface area contributed by atoms with Gasteiger partial charge in [0.15, 0.2) is 5.43 Å². The predicted molar refractivity (Wildman–Crippen MR) is 148 cm³/mol. The first-order chi connectivity index (χ1) is 17.1. The van der Waals surface area contributed by atoms with Gasteiger partial charge in [0.05, 0.1) is 5.52 Å². The highest BCUT2D eigenvalue weighted by molar-refractivity contribution is 6.31. The van der Waals surface area contributed by atoms with E-state index in [1.165, 1.54) is 12.8 Å². The zero-order valence-electron chi connectivity index (χ0n) is 22.2. The molecule has 0 spiro atoms. The van der Waals surface area contributed by atoms with Crippen LogP contribution in [0, 0.1) is 20.8 Å². The zero-order valence-corrected chi connectivity index (χ0v) is 23.0. The third-order valence-electron chi connectivity index (χ3n) is 7.76. The monoisotopic (exact) mass is 511 g/mol. The Bertz CT molecular complexity index is 1320. The molecule has 3 aromatic rings. The number of benzene rings is 1. The van der Waals surface area contributed by atoms with Crippen LogP contribution in [0.25, 0.3) is 5.52 Å². The largest absolute Gasteiger partial charge is 0.369 e. The van der Waals surface area contributed by atoms with E-state index < -0.39 is 0 Å². The number of pyridine rings is 1. The van der Waals surface area contributed by atoms with Crippen LogP contribution >= 0.6 is 11.6 Å². The average molecular weight is 512 g/mol. The van der Waals surface area contributed by atoms with Gasteiger partial charge >= 0.3 is 0 Å². The van der Waals surface area contributed by atoms with Crippen molar-refractivity contribution in [3.8, 4) is 0 Å². The molecule has 194 valence electrons. The number of nitrogens with zero attached hydrogens (tertiary/aromatic N) is 3. The molecular formula is C28H38ClN5O2. The Morgan fingerprint density at radius 2 is 1.75 bits per heavy atom. The molecule has 4 rings (SSSR count). The topological polar surface area (TPSA) is 72.8 Å². The van der Waals surface area contributed by atoms with Gasteiger partial charge < -0.3 is 15.1 Å². The van der Waals surface area contributed by atoms with Gasteiger partial charge in [-0.25, -0.2) is 0 Å². The molecule has 1 fully saturated rings. The highest BCUT2D eigenvalue weighted by Crippen LogP contribution is 2.34. The summed E-state index contributed by atoms with van der Waals surface area (Å²) in [5.74, 6) is -0.227. The number of nitrogens with one attached hydrogen (secondary N) is 2. The SMILES string of the molecule is CCN(c1cc(Cl)cc(C(=O)NCc2c(C)n3[nH]c(C)cc3cc2=O)c1C)[C@H]1CC[C@H](N(C)C)CC1. The zero-order chi connectivity index (χ0) is 26.1. The fourth-order valence-electron chi connectivity index (χ4n) is 5.67. The van der Waals surface area contributed by atoms with E-state index in [1.54, 1.807) is 12.1 Å². The Morgan fingerprint density at radius 1 is 1.08 bits per heavy atom. The molecule has 2 aromatic heterocycles. The summed E-state index contributed by atoms with van der Waals surface area (Å²) in [5, 5.41) is 6.75. The van der Waals surface area contributed by atoms with E-state index in [4.69, 9.17) is 11.6 Å². The predicted octanol–water partition coefficient (Wildman–Crippen LogP) is 4.84. The smallest absolute Gasteiger partial charge is 0.251 e. The number of hydrogen-bond donors (Lipinski definition) is 2. The van der Waals surface area contributed by atoms with E-state index in [2.05, 4.69) is 41.2 Å². The molecule has 2 heterocycles. The minimum Gasteiger partial charge on any atom is -0.369 e. The maximum absolute atomic E-state index is 13.3. The van der Waals surface area contributed by atoms with Gasteiger partial charge in [-0.15, -0.1) is 0 Å². The first kappa shape index (κ1) is 26.3. The highest BCUT2D eigenvalue weighted by atomic mass is 35.5. The van der Waals surface area contributed by atoms with E-state index >= 15 is 0 Å². The standard InChI is InChI=1S/C28H38ClN5O2/c1-7-33(22-10-8-21(9-11-22)32(5)6)26-14-20(29)13-24(18(26)3)28(36)30-16-25-19(4)34-23(15-27(25)35)12-17(2)31-34/h12-15,21-22,31H,7-11,16H2,1-6H3,(H,30,36)/t21-,22-. The lowest BCUT2D eigenvalue weighted by molar-refractivity contribution is 0.0950. The number of aryl methyl sites for hydroxylation is 2. The summed E-state index contributed by atoms with van der Waals surface area (Å²) in [6.45, 7) is 8.99. The number of hydrogen-bond acceptors (Lipinski definition) is 4. The number of H-pyrrole nitrogens is 1. The molecule has 1 aliphatic rings. The van der Waals surface area contributed by atoms with E-state index in [-0.39, 0.29) is 17.9 Å². The summed E-state index contributed by atoms with van der Waals surface area (Å²) in [4.78, 5) is 30.8. The Balaban J connectivity index is 1.56. The van der Waals surface area contributed by atoms with Gasteiger partial charge in [0.2, 0.25) is 0 Å². The second-order valence-electron chi connectivity index (χ2n) is 10.3. The Morgan fingerprint density at radius 3 is 2.39 bits per heavy atom. The van der Waals surface area contributed by atoms with E-state index in [9.17, 15) is 9.59 Å². The number of anilines is 1. The first-order valence-corrected chi connectivity index (χ1v) is 13.2. The maximum atomic E-state index is 13.3. The quantitative estimate of drug-likeness (QED) is 0.476. The summed E-state index contributed by atoms with van der Waals surface area (Å²) in [7, 11) is 4.31. The Kier molecular flexibility index (Phi) is 7.81. The van der Waals surface area contributed by atoms with Gasteiger partial charge in [-0.3, -0.25) is 19.2 Å². The number of halogens is 1. The number of carbonyl (C=O) groups is 1. The number of aromatic amines is 1. The van der Waals surface area contributed by atoms with Crippen molar-refractivity contribution in [2.24, 2.45) is 0 Å². The van der Waals surface area contributed by atoms with E-state index in [0.717, 1.165) is 47.5 Å². The third-order valence-corrected chi connectivity index (χ3v) is 7.98. The van der Waals surface area contributed by atoms with E-state index in [0.29, 0.717) is 28.2 Å². The highest BCUT2D eigenvalue weighted by Gasteiger charge is 2.28. The van der Waals surface area contributed by atoms with Crippen LogP contribution in [0.2, 0.25) is 5.02 Å². The second kappa shape index (κ2) is 10.7. The lowest BCUT2D eigenvalue weighted by Gasteiger charge is -2.40. The van der Waals surface area contributed by atoms with Crippen molar-refractivity contribution >= 4 is 28.7 Å². The third kappa shape index (κ3) is 5.18. The Hall–Kier alpha value is -2.77. The van der Waals surface area contributed by atoms with Crippen molar-refractivity contribution in [3.63, 3.8) is 0 Å². The number of fused-ring (bicyclic) bond motifs is 1. The van der Waals surface area contributed by atoms with E-state index in [1.807, 2.05) is 37.4 Å².